The first kappa shape index (κ1) is 24.8. The van der Waals surface area contributed by atoms with Crippen LogP contribution in [-0.4, -0.2) is 83.7 Å². The molecule has 0 unspecified atom stereocenters. The standard InChI is InChI=1S/C24H37N5O4/c1-6-7-8-20-23(31)27(14-17(2)3)15-21-28(20)22(30)16-26(4)29(21)24(32)25-13-18-9-11-19(33-5)12-10-18/h9-12,17,20-21H,6-8,13-16H2,1-5H3,(H,25,32)/t20-,21-/m0/s1. The number of hydrazine groups is 1. The summed E-state index contributed by atoms with van der Waals surface area (Å²) in [5, 5.41) is 6.23. The summed E-state index contributed by atoms with van der Waals surface area (Å²) in [6.07, 6.45) is 1.87. The fourth-order valence-corrected chi connectivity index (χ4v) is 4.59. The SMILES string of the molecule is CCCC[C@H]1C(=O)N(CC(C)C)C[C@H]2N1C(=O)CN(C)N2C(=O)NCc1ccc(OC)cc1. The van der Waals surface area contributed by atoms with Crippen molar-refractivity contribution in [2.45, 2.75) is 58.8 Å². The fourth-order valence-electron chi connectivity index (χ4n) is 4.59. The van der Waals surface area contributed by atoms with Crippen molar-refractivity contribution in [2.75, 3.05) is 33.8 Å². The molecule has 2 saturated heterocycles. The van der Waals surface area contributed by atoms with Crippen molar-refractivity contribution in [1.82, 2.24) is 25.1 Å². The molecule has 0 aliphatic carbocycles. The van der Waals surface area contributed by atoms with E-state index in [0.717, 1.165) is 24.2 Å². The molecule has 1 N–H and O–H groups in total. The average Bonchev–Trinajstić information content (AvgIpc) is 2.78. The van der Waals surface area contributed by atoms with Gasteiger partial charge >= 0.3 is 6.03 Å². The summed E-state index contributed by atoms with van der Waals surface area (Å²) in [7, 11) is 3.35. The first-order valence-corrected chi connectivity index (χ1v) is 11.8. The number of carbonyl (C=O) groups is 3. The Bertz CT molecular complexity index is 844. The van der Waals surface area contributed by atoms with E-state index in [0.29, 0.717) is 32.0 Å². The zero-order valence-corrected chi connectivity index (χ0v) is 20.4. The van der Waals surface area contributed by atoms with Crippen LogP contribution in [0.4, 0.5) is 4.79 Å². The molecule has 1 aromatic rings. The number of nitrogens with zero attached hydrogens (tertiary/aromatic N) is 4. The maximum absolute atomic E-state index is 13.3. The molecule has 4 amide bonds. The molecule has 9 heteroatoms. The number of piperazine rings is 1. The van der Waals surface area contributed by atoms with Gasteiger partial charge in [0.05, 0.1) is 20.2 Å². The third-order valence-electron chi connectivity index (χ3n) is 6.17. The normalized spacial score (nSPS) is 21.5. The van der Waals surface area contributed by atoms with E-state index in [2.05, 4.69) is 26.1 Å². The van der Waals surface area contributed by atoms with E-state index in [-0.39, 0.29) is 24.4 Å². The predicted molar refractivity (Wildman–Crippen MR) is 125 cm³/mol. The van der Waals surface area contributed by atoms with Crippen LogP contribution < -0.4 is 10.1 Å². The lowest BCUT2D eigenvalue weighted by atomic mass is 10.00. The molecule has 33 heavy (non-hydrogen) atoms. The number of fused-ring (bicyclic) bond motifs is 1. The second-order valence-corrected chi connectivity index (χ2v) is 9.24. The molecule has 2 aliphatic heterocycles. The minimum absolute atomic E-state index is 0.00936. The van der Waals surface area contributed by atoms with Crippen LogP contribution in [0.15, 0.2) is 24.3 Å². The highest BCUT2D eigenvalue weighted by Crippen LogP contribution is 2.28. The number of nitrogens with one attached hydrogen (secondary N) is 1. The lowest BCUT2D eigenvalue weighted by Crippen LogP contribution is -2.76. The van der Waals surface area contributed by atoms with E-state index in [9.17, 15) is 14.4 Å². The third-order valence-corrected chi connectivity index (χ3v) is 6.17. The summed E-state index contributed by atoms with van der Waals surface area (Å²) in [6, 6.07) is 6.69. The number of rotatable bonds is 8. The topological polar surface area (TPSA) is 85.4 Å². The second-order valence-electron chi connectivity index (χ2n) is 9.24. The van der Waals surface area contributed by atoms with E-state index in [1.807, 2.05) is 29.2 Å². The summed E-state index contributed by atoms with van der Waals surface area (Å²) >= 11 is 0. The first-order valence-electron chi connectivity index (χ1n) is 11.8. The van der Waals surface area contributed by atoms with E-state index < -0.39 is 12.2 Å². The van der Waals surface area contributed by atoms with Crippen molar-refractivity contribution >= 4 is 17.8 Å². The van der Waals surface area contributed by atoms with Gasteiger partial charge in [-0.15, -0.1) is 0 Å². The number of carbonyl (C=O) groups excluding carboxylic acids is 3. The largest absolute Gasteiger partial charge is 0.497 e. The van der Waals surface area contributed by atoms with Gasteiger partial charge in [-0.2, -0.15) is 0 Å². The monoisotopic (exact) mass is 459 g/mol. The number of benzene rings is 1. The number of ether oxygens (including phenoxy) is 1. The highest BCUT2D eigenvalue weighted by molar-refractivity contribution is 5.91. The second kappa shape index (κ2) is 10.9. The number of likely N-dealkylation sites (N-methyl/N-ethyl adjacent to an activating group) is 1. The molecule has 2 heterocycles. The number of amides is 4. The Labute approximate surface area is 196 Å². The van der Waals surface area contributed by atoms with E-state index >= 15 is 0 Å². The zero-order valence-electron chi connectivity index (χ0n) is 20.4. The molecule has 2 atom stereocenters. The Balaban J connectivity index is 1.81. The Kier molecular flexibility index (Phi) is 8.18. The van der Waals surface area contributed by atoms with Crippen LogP contribution in [0.5, 0.6) is 5.75 Å². The first-order chi connectivity index (χ1) is 15.8. The fraction of sp³-hybridized carbons (Fsp3) is 0.625. The number of unbranched alkanes of at least 4 members (excludes halogenated alkanes) is 1. The molecule has 0 radical (unpaired) electrons. The van der Waals surface area contributed by atoms with Gasteiger partial charge in [-0.3, -0.25) is 9.59 Å². The van der Waals surface area contributed by atoms with Gasteiger partial charge in [0.15, 0.2) is 0 Å². The smallest absolute Gasteiger partial charge is 0.334 e. The van der Waals surface area contributed by atoms with Crippen molar-refractivity contribution in [3.8, 4) is 5.75 Å². The Morgan fingerprint density at radius 2 is 1.91 bits per heavy atom. The van der Waals surface area contributed by atoms with Crippen molar-refractivity contribution < 1.29 is 19.1 Å². The molecular weight excluding hydrogens is 422 g/mol. The van der Waals surface area contributed by atoms with Gasteiger partial charge in [0.25, 0.3) is 0 Å². The number of urea groups is 1. The van der Waals surface area contributed by atoms with E-state index in [4.69, 9.17) is 4.74 Å². The van der Waals surface area contributed by atoms with Crippen LogP contribution in [0.3, 0.4) is 0 Å². The molecule has 182 valence electrons. The molecule has 0 aromatic heterocycles. The van der Waals surface area contributed by atoms with Gasteiger partial charge in [-0.1, -0.05) is 45.7 Å². The molecule has 9 nitrogen and oxygen atoms in total. The third kappa shape index (κ3) is 5.58. The summed E-state index contributed by atoms with van der Waals surface area (Å²) in [4.78, 5) is 43.1. The lowest BCUT2D eigenvalue weighted by Gasteiger charge is -2.54. The summed E-state index contributed by atoms with van der Waals surface area (Å²) in [6.45, 7) is 7.53. The highest BCUT2D eigenvalue weighted by atomic mass is 16.5. The van der Waals surface area contributed by atoms with Crippen LogP contribution in [0.1, 0.15) is 45.6 Å². The van der Waals surface area contributed by atoms with Crippen molar-refractivity contribution in [3.05, 3.63) is 29.8 Å². The van der Waals surface area contributed by atoms with Crippen LogP contribution in [0.25, 0.3) is 0 Å². The molecular formula is C24H37N5O4. The minimum atomic E-state index is -0.527. The molecule has 0 bridgehead atoms. The molecule has 0 saturated carbocycles. The highest BCUT2D eigenvalue weighted by Gasteiger charge is 2.50. The van der Waals surface area contributed by atoms with Gasteiger partial charge in [0, 0.05) is 20.1 Å². The van der Waals surface area contributed by atoms with Gasteiger partial charge in [0.1, 0.15) is 18.0 Å². The number of methoxy groups -OCH3 is 1. The number of hydrogen-bond acceptors (Lipinski definition) is 5. The summed E-state index contributed by atoms with van der Waals surface area (Å²) < 4.78 is 5.19. The van der Waals surface area contributed by atoms with Crippen LogP contribution >= 0.6 is 0 Å². The number of hydrogen-bond donors (Lipinski definition) is 1. The van der Waals surface area contributed by atoms with Gasteiger partial charge in [0.2, 0.25) is 11.8 Å². The van der Waals surface area contributed by atoms with Crippen molar-refractivity contribution in [3.63, 3.8) is 0 Å². The van der Waals surface area contributed by atoms with Gasteiger partial charge in [-0.05, 0) is 30.0 Å². The van der Waals surface area contributed by atoms with Crippen LogP contribution in [-0.2, 0) is 16.1 Å². The van der Waals surface area contributed by atoms with Crippen molar-refractivity contribution in [1.29, 1.82) is 0 Å². The molecule has 0 spiro atoms. The Morgan fingerprint density at radius 1 is 1.21 bits per heavy atom. The predicted octanol–water partition coefficient (Wildman–Crippen LogP) is 2.28. The van der Waals surface area contributed by atoms with E-state index in [1.54, 1.807) is 29.1 Å². The summed E-state index contributed by atoms with van der Waals surface area (Å²) in [5.74, 6) is 0.928. The molecule has 2 fully saturated rings. The summed E-state index contributed by atoms with van der Waals surface area (Å²) in [5.41, 5.74) is 0.942. The van der Waals surface area contributed by atoms with Crippen LogP contribution in [0.2, 0.25) is 0 Å². The van der Waals surface area contributed by atoms with Gasteiger partial charge < -0.3 is 19.9 Å². The maximum Gasteiger partial charge on any atom is 0.334 e. The molecule has 2 aliphatic rings. The quantitative estimate of drug-likeness (QED) is 0.645. The van der Waals surface area contributed by atoms with Gasteiger partial charge in [-0.25, -0.2) is 14.8 Å². The minimum Gasteiger partial charge on any atom is -0.497 e. The van der Waals surface area contributed by atoms with Crippen molar-refractivity contribution in [2.24, 2.45) is 5.92 Å². The molecule has 3 rings (SSSR count). The average molecular weight is 460 g/mol. The lowest BCUT2D eigenvalue weighted by molar-refractivity contribution is -0.187. The Hall–Kier alpha value is -2.81. The molecule has 1 aromatic carbocycles. The van der Waals surface area contributed by atoms with Crippen LogP contribution in [0, 0.1) is 5.92 Å². The van der Waals surface area contributed by atoms with E-state index in [1.165, 1.54) is 0 Å². The Morgan fingerprint density at radius 3 is 2.52 bits per heavy atom. The zero-order chi connectivity index (χ0) is 24.1. The maximum atomic E-state index is 13.3.